The van der Waals surface area contributed by atoms with Crippen molar-refractivity contribution in [3.05, 3.63) is 0 Å². The molecule has 0 saturated heterocycles. The molecule has 0 heterocycles. The molecule has 0 atom stereocenters. The maximum atomic E-state index is 12.7. The van der Waals surface area contributed by atoms with E-state index in [1.807, 2.05) is 0 Å². The molecule has 302 valence electrons. The Hall–Kier alpha value is -2.68. The van der Waals surface area contributed by atoms with Crippen molar-refractivity contribution in [2.75, 3.05) is 28.4 Å². The third-order valence-corrected chi connectivity index (χ3v) is 15.6. The van der Waals surface area contributed by atoms with E-state index in [1.54, 1.807) is 0 Å². The monoisotopic (exact) mass is 926 g/mol. The van der Waals surface area contributed by atoms with Gasteiger partial charge in [-0.25, -0.2) is 43.3 Å². The Bertz CT molecular complexity index is 1630. The number of carbonyl (C=O) groups is 4. The van der Waals surface area contributed by atoms with Gasteiger partial charge in [-0.05, 0) is 0 Å². The van der Waals surface area contributed by atoms with Crippen molar-refractivity contribution in [1.82, 2.24) is 0 Å². The summed E-state index contributed by atoms with van der Waals surface area (Å²) < 4.78 is 246. The van der Waals surface area contributed by atoms with E-state index in [9.17, 15) is 106 Å². The minimum Gasteiger partial charge on any atom is -0.468 e. The molecule has 0 aromatic carbocycles. The Morgan fingerprint density at radius 3 is 0.922 bits per heavy atom. The second kappa shape index (κ2) is 16.6. The van der Waals surface area contributed by atoms with Crippen LogP contribution in [0, 0.1) is 5.92 Å². The van der Waals surface area contributed by atoms with Crippen molar-refractivity contribution in [1.29, 1.82) is 0 Å². The number of ether oxygens (including phenoxy) is 4. The van der Waals surface area contributed by atoms with E-state index in [1.165, 1.54) is 0 Å². The van der Waals surface area contributed by atoms with Crippen LogP contribution in [0.3, 0.4) is 0 Å². The molecule has 0 aromatic heterocycles. The number of rotatable bonds is 12. The molecule has 0 spiro atoms. The second-order valence-corrected chi connectivity index (χ2v) is 19.1. The van der Waals surface area contributed by atoms with Crippen LogP contribution in [0.25, 0.3) is 0 Å². The van der Waals surface area contributed by atoms with E-state index in [0.717, 1.165) is 0 Å². The highest BCUT2D eigenvalue weighted by atomic mass is 79.9. The van der Waals surface area contributed by atoms with Crippen LogP contribution in [0.1, 0.15) is 12.8 Å². The van der Waals surface area contributed by atoms with E-state index in [-0.39, 0.29) is 0 Å². The van der Waals surface area contributed by atoms with Gasteiger partial charge in [0, 0.05) is 12.8 Å². The topological polar surface area (TPSA) is 242 Å². The minimum absolute atomic E-state index is 0.548. The van der Waals surface area contributed by atoms with E-state index in [0.29, 0.717) is 28.4 Å². The number of hydrogen-bond acceptors (Lipinski definition) is 16. The molecule has 0 radical (unpaired) electrons. The smallest absolute Gasteiger partial charge is 0.468 e. The SMILES string of the molecule is COC(=O)C(Br)(CC(S(=O)(=O)C(F)(F)F)S(=O)(=O)C(F)(F)F)C(=O)OC.COC(=O)C(CC(S(=O)(=O)C(F)(F)F)S(=O)(=O)C(F)(F)F)C(=O)OC. The van der Waals surface area contributed by atoms with Crippen molar-refractivity contribution in [2.45, 2.75) is 48.4 Å². The van der Waals surface area contributed by atoms with Gasteiger partial charge >= 0.3 is 45.9 Å². The van der Waals surface area contributed by atoms with Gasteiger partial charge in [-0.2, -0.15) is 52.7 Å². The maximum absolute atomic E-state index is 12.7. The molecular formula is C18H19BrF12O16S4. The fourth-order valence-corrected chi connectivity index (χ4v) is 11.0. The first kappa shape index (κ1) is 50.4. The lowest BCUT2D eigenvalue weighted by atomic mass is 10.1. The van der Waals surface area contributed by atoms with Crippen LogP contribution in [0.15, 0.2) is 0 Å². The Morgan fingerprint density at radius 2 is 0.725 bits per heavy atom. The summed E-state index contributed by atoms with van der Waals surface area (Å²) in [6.07, 6.45) is -4.53. The Kier molecular flexibility index (Phi) is 16.4. The normalized spacial score (nSPS) is 14.0. The molecular weight excluding hydrogens is 908 g/mol. The maximum Gasteiger partial charge on any atom is 0.498 e. The lowest BCUT2D eigenvalue weighted by Crippen LogP contribution is -2.52. The van der Waals surface area contributed by atoms with E-state index in [4.69, 9.17) is 0 Å². The van der Waals surface area contributed by atoms with Crippen molar-refractivity contribution >= 4 is 79.2 Å². The Balaban J connectivity index is 0. The third-order valence-electron chi connectivity index (χ3n) is 5.54. The van der Waals surface area contributed by atoms with Gasteiger partial charge in [0.05, 0.1) is 28.4 Å². The van der Waals surface area contributed by atoms with Crippen LogP contribution in [0.5, 0.6) is 0 Å². The highest BCUT2D eigenvalue weighted by Crippen LogP contribution is 2.42. The molecule has 0 fully saturated rings. The minimum atomic E-state index is -7.05. The predicted molar refractivity (Wildman–Crippen MR) is 140 cm³/mol. The average Bonchev–Trinajstić information content (AvgIpc) is 2.95. The van der Waals surface area contributed by atoms with Gasteiger partial charge in [0.1, 0.15) is 0 Å². The molecule has 0 aromatic rings. The number of halogens is 13. The zero-order valence-corrected chi connectivity index (χ0v) is 29.6. The van der Waals surface area contributed by atoms with Crippen molar-refractivity contribution in [3.8, 4) is 0 Å². The Morgan fingerprint density at radius 1 is 0.490 bits per heavy atom. The van der Waals surface area contributed by atoms with Crippen LogP contribution >= 0.6 is 15.9 Å². The number of carbonyl (C=O) groups excluding carboxylic acids is 4. The summed E-state index contributed by atoms with van der Waals surface area (Å²) >= 11 is 2.14. The summed E-state index contributed by atoms with van der Waals surface area (Å²) in [7, 11) is -25.8. The third kappa shape index (κ3) is 10.9. The first-order chi connectivity index (χ1) is 22.2. The molecule has 0 amide bonds. The first-order valence-electron chi connectivity index (χ1n) is 11.5. The molecule has 0 unspecified atom stereocenters. The molecule has 16 nitrogen and oxygen atoms in total. The number of hydrogen-bond donors (Lipinski definition) is 0. The lowest BCUT2D eigenvalue weighted by molar-refractivity contribution is -0.159. The fraction of sp³-hybridized carbons (Fsp3) is 0.778. The van der Waals surface area contributed by atoms with Gasteiger partial charge in [-0.15, -0.1) is 0 Å². The van der Waals surface area contributed by atoms with Crippen LogP contribution in [-0.2, 0) is 77.5 Å². The zero-order valence-electron chi connectivity index (χ0n) is 24.7. The van der Waals surface area contributed by atoms with Gasteiger partial charge in [0.2, 0.25) is 4.32 Å². The number of sulfone groups is 4. The number of methoxy groups -OCH3 is 4. The molecule has 0 aliphatic carbocycles. The quantitative estimate of drug-likeness (QED) is 0.0887. The summed E-state index contributed by atoms with van der Waals surface area (Å²) in [6.45, 7) is 0. The standard InChI is InChI=1S/C9H9BrF6O8S2.C9H10F6O8S2/c1-23-5(17)7(10,6(18)24-2)3-4(25(19,20)8(11,12)13)26(21,22)9(14,15)16;1-22-6(16)4(7(17)23-2)3-5(24(18,19)8(10,11)12)25(20,21)9(13,14)15/h4H,3H2,1-2H3;4-5H,3H2,1-2H3. The largest absolute Gasteiger partial charge is 0.498 e. The lowest BCUT2D eigenvalue weighted by Gasteiger charge is -2.27. The van der Waals surface area contributed by atoms with E-state index >= 15 is 0 Å². The molecule has 0 bridgehead atoms. The predicted octanol–water partition coefficient (Wildman–Crippen LogP) is 1.59. The fourth-order valence-electron chi connectivity index (χ4n) is 2.97. The van der Waals surface area contributed by atoms with Gasteiger partial charge < -0.3 is 18.9 Å². The summed E-state index contributed by atoms with van der Waals surface area (Å²) in [6, 6.07) is 0. The second-order valence-electron chi connectivity index (χ2n) is 8.65. The highest BCUT2D eigenvalue weighted by Gasteiger charge is 2.67. The van der Waals surface area contributed by atoms with Crippen LogP contribution in [0.2, 0.25) is 0 Å². The summed E-state index contributed by atoms with van der Waals surface area (Å²) in [5.41, 5.74) is -25.7. The Labute approximate surface area is 285 Å². The molecule has 0 aliphatic heterocycles. The highest BCUT2D eigenvalue weighted by molar-refractivity contribution is 9.10. The molecule has 51 heavy (non-hydrogen) atoms. The van der Waals surface area contributed by atoms with Crippen molar-refractivity contribution < 1.29 is 124 Å². The van der Waals surface area contributed by atoms with E-state index in [2.05, 4.69) is 34.9 Å². The molecule has 0 rings (SSSR count). The van der Waals surface area contributed by atoms with Crippen LogP contribution < -0.4 is 0 Å². The van der Waals surface area contributed by atoms with E-state index < -0.39 is 118 Å². The average molecular weight is 927 g/mol. The first-order valence-corrected chi connectivity index (χ1v) is 18.4. The van der Waals surface area contributed by atoms with Crippen LogP contribution in [-0.4, -0.2) is 122 Å². The summed E-state index contributed by atoms with van der Waals surface area (Å²) in [4.78, 5) is 45.9. The molecule has 0 saturated carbocycles. The number of esters is 4. The molecule has 0 aliphatic rings. The van der Waals surface area contributed by atoms with Crippen LogP contribution in [0.4, 0.5) is 52.7 Å². The van der Waals surface area contributed by atoms with Gasteiger partial charge in [-0.3, -0.25) is 9.59 Å². The van der Waals surface area contributed by atoms with Crippen molar-refractivity contribution in [2.24, 2.45) is 5.92 Å². The summed E-state index contributed by atoms with van der Waals surface area (Å²) in [5.74, 6) is -10.00. The molecule has 33 heteroatoms. The zero-order chi connectivity index (χ0) is 41.8. The van der Waals surface area contributed by atoms with Gasteiger partial charge in [0.15, 0.2) is 15.1 Å². The van der Waals surface area contributed by atoms with Crippen molar-refractivity contribution in [3.63, 3.8) is 0 Å². The number of alkyl halides is 13. The summed E-state index contributed by atoms with van der Waals surface area (Å²) in [5, 5.41) is 0. The van der Waals surface area contributed by atoms with Gasteiger partial charge in [0.25, 0.3) is 39.3 Å². The molecule has 0 N–H and O–H groups in total. The van der Waals surface area contributed by atoms with Gasteiger partial charge in [-0.1, -0.05) is 15.9 Å².